The summed E-state index contributed by atoms with van der Waals surface area (Å²) in [6.45, 7) is 6.35. The van der Waals surface area contributed by atoms with Crippen molar-refractivity contribution in [1.29, 1.82) is 0 Å². The van der Waals surface area contributed by atoms with Crippen molar-refractivity contribution in [3.63, 3.8) is 0 Å². The third-order valence-corrected chi connectivity index (χ3v) is 2.37. The summed E-state index contributed by atoms with van der Waals surface area (Å²) in [4.78, 5) is 3.19. The minimum absolute atomic E-state index is 1.01. The van der Waals surface area contributed by atoms with Gasteiger partial charge in [0, 0.05) is 5.69 Å². The molecular weight excluding hydrogens is 142 g/mol. The molecule has 1 N–H and O–H groups in total. The van der Waals surface area contributed by atoms with E-state index >= 15 is 0 Å². The first-order valence-electron chi connectivity index (χ1n) is 3.53. The fraction of sp³-hybridized carbons (Fsp3) is 0.500. The molecule has 10 heavy (non-hydrogen) atoms. The summed E-state index contributed by atoms with van der Waals surface area (Å²) in [6, 6.07) is 0. The van der Waals surface area contributed by atoms with Crippen LogP contribution in [0.25, 0.3) is 0 Å². The zero-order chi connectivity index (χ0) is 7.72. The van der Waals surface area contributed by atoms with Crippen molar-refractivity contribution in [3.05, 3.63) is 16.8 Å². The van der Waals surface area contributed by atoms with Gasteiger partial charge in [-0.05, 0) is 31.4 Å². The lowest BCUT2D eigenvalue weighted by Crippen LogP contribution is -1.82. The Hall–Kier alpha value is -0.370. The van der Waals surface area contributed by atoms with Gasteiger partial charge in [-0.15, -0.1) is 12.6 Å². The van der Waals surface area contributed by atoms with Gasteiger partial charge in [-0.1, -0.05) is 6.92 Å². The fourth-order valence-corrected chi connectivity index (χ4v) is 1.60. The minimum Gasteiger partial charge on any atom is -0.354 e. The van der Waals surface area contributed by atoms with Gasteiger partial charge < -0.3 is 4.98 Å². The van der Waals surface area contributed by atoms with E-state index < -0.39 is 0 Å². The summed E-state index contributed by atoms with van der Waals surface area (Å²) in [6.07, 6.45) is 1.09. The summed E-state index contributed by atoms with van der Waals surface area (Å²) >= 11 is 4.29. The molecule has 0 amide bonds. The Morgan fingerprint density at radius 3 is 2.20 bits per heavy atom. The van der Waals surface area contributed by atoms with E-state index in [9.17, 15) is 0 Å². The molecule has 0 aliphatic rings. The number of rotatable bonds is 1. The number of aromatic nitrogens is 1. The molecule has 0 fully saturated rings. The average molecular weight is 155 g/mol. The molecule has 0 radical (unpaired) electrons. The van der Waals surface area contributed by atoms with Crippen LogP contribution in [-0.2, 0) is 6.42 Å². The van der Waals surface area contributed by atoms with Crippen LogP contribution in [0.5, 0.6) is 0 Å². The second kappa shape index (κ2) is 2.70. The number of nitrogens with one attached hydrogen (secondary N) is 1. The lowest BCUT2D eigenvalue weighted by Gasteiger charge is -1.94. The maximum absolute atomic E-state index is 4.29. The quantitative estimate of drug-likeness (QED) is 0.580. The van der Waals surface area contributed by atoms with Crippen LogP contribution in [0, 0.1) is 13.8 Å². The van der Waals surface area contributed by atoms with Crippen LogP contribution in [0.1, 0.15) is 23.7 Å². The molecule has 0 saturated carbocycles. The Labute approximate surface area is 67.3 Å². The Kier molecular flexibility index (Phi) is 2.09. The third-order valence-electron chi connectivity index (χ3n) is 1.92. The molecular formula is C8H13NS. The largest absolute Gasteiger partial charge is 0.354 e. The SMILES string of the molecule is CCc1c(C)[nH]c(S)c1C. The Morgan fingerprint density at radius 2 is 2.00 bits per heavy atom. The summed E-state index contributed by atoms with van der Waals surface area (Å²) in [7, 11) is 0. The van der Waals surface area contributed by atoms with Crippen molar-refractivity contribution in [1.82, 2.24) is 4.98 Å². The number of aryl methyl sites for hydroxylation is 1. The molecule has 0 aliphatic heterocycles. The van der Waals surface area contributed by atoms with Crippen molar-refractivity contribution in [2.24, 2.45) is 0 Å². The monoisotopic (exact) mass is 155 g/mol. The maximum Gasteiger partial charge on any atom is 0.0725 e. The van der Waals surface area contributed by atoms with Crippen LogP contribution < -0.4 is 0 Å². The van der Waals surface area contributed by atoms with E-state index in [2.05, 4.69) is 38.4 Å². The van der Waals surface area contributed by atoms with E-state index in [1.165, 1.54) is 16.8 Å². The molecule has 1 aromatic rings. The molecule has 1 nitrogen and oxygen atoms in total. The number of aromatic amines is 1. The molecule has 0 aliphatic carbocycles. The lowest BCUT2D eigenvalue weighted by molar-refractivity contribution is 1.08. The summed E-state index contributed by atoms with van der Waals surface area (Å²) < 4.78 is 0. The van der Waals surface area contributed by atoms with E-state index in [4.69, 9.17) is 0 Å². The highest BCUT2D eigenvalue weighted by molar-refractivity contribution is 7.80. The van der Waals surface area contributed by atoms with Gasteiger partial charge in [-0.3, -0.25) is 0 Å². The standard InChI is InChI=1S/C8H13NS/c1-4-7-5(2)8(10)9-6(7)3/h9-10H,4H2,1-3H3. The minimum atomic E-state index is 1.01. The Balaban J connectivity index is 3.20. The molecule has 1 rings (SSSR count). The second-order valence-electron chi connectivity index (χ2n) is 2.56. The van der Waals surface area contributed by atoms with Gasteiger partial charge in [0.15, 0.2) is 0 Å². The summed E-state index contributed by atoms with van der Waals surface area (Å²) in [5.74, 6) is 0. The van der Waals surface area contributed by atoms with Crippen molar-refractivity contribution in [2.45, 2.75) is 32.2 Å². The second-order valence-corrected chi connectivity index (χ2v) is 3.00. The summed E-state index contributed by atoms with van der Waals surface area (Å²) in [5, 5.41) is 1.01. The van der Waals surface area contributed by atoms with E-state index in [0.717, 1.165) is 11.4 Å². The highest BCUT2D eigenvalue weighted by atomic mass is 32.1. The fourth-order valence-electron chi connectivity index (χ4n) is 1.30. The van der Waals surface area contributed by atoms with Gasteiger partial charge >= 0.3 is 0 Å². The van der Waals surface area contributed by atoms with Crippen LogP contribution in [-0.4, -0.2) is 4.98 Å². The summed E-state index contributed by atoms with van der Waals surface area (Å²) in [5.41, 5.74) is 3.96. The smallest absolute Gasteiger partial charge is 0.0725 e. The van der Waals surface area contributed by atoms with Crippen LogP contribution in [0.4, 0.5) is 0 Å². The number of H-pyrrole nitrogens is 1. The molecule has 56 valence electrons. The van der Waals surface area contributed by atoms with E-state index in [0.29, 0.717) is 0 Å². The van der Waals surface area contributed by atoms with Gasteiger partial charge in [-0.2, -0.15) is 0 Å². The van der Waals surface area contributed by atoms with Crippen molar-refractivity contribution >= 4 is 12.6 Å². The normalized spacial score (nSPS) is 10.4. The molecule has 0 atom stereocenters. The molecule has 2 heteroatoms. The van der Waals surface area contributed by atoms with Gasteiger partial charge in [0.05, 0.1) is 5.03 Å². The topological polar surface area (TPSA) is 15.8 Å². The molecule has 0 unspecified atom stereocenters. The van der Waals surface area contributed by atoms with Gasteiger partial charge in [0.2, 0.25) is 0 Å². The average Bonchev–Trinajstić information content (AvgIpc) is 2.09. The number of hydrogen-bond acceptors (Lipinski definition) is 1. The van der Waals surface area contributed by atoms with Crippen LogP contribution >= 0.6 is 12.6 Å². The predicted molar refractivity (Wildman–Crippen MR) is 46.9 cm³/mol. The number of hydrogen-bond donors (Lipinski definition) is 2. The Bertz CT molecular complexity index is 238. The van der Waals surface area contributed by atoms with Crippen LogP contribution in [0.3, 0.4) is 0 Å². The van der Waals surface area contributed by atoms with Crippen molar-refractivity contribution in [2.75, 3.05) is 0 Å². The number of thiol groups is 1. The zero-order valence-electron chi connectivity index (χ0n) is 6.65. The van der Waals surface area contributed by atoms with Crippen molar-refractivity contribution < 1.29 is 0 Å². The molecule has 0 spiro atoms. The Morgan fingerprint density at radius 1 is 1.40 bits per heavy atom. The molecule has 0 bridgehead atoms. The van der Waals surface area contributed by atoms with Crippen LogP contribution in [0.2, 0.25) is 0 Å². The van der Waals surface area contributed by atoms with Gasteiger partial charge in [-0.25, -0.2) is 0 Å². The molecule has 0 aromatic carbocycles. The highest BCUT2D eigenvalue weighted by Crippen LogP contribution is 2.20. The lowest BCUT2D eigenvalue weighted by atomic mass is 10.1. The zero-order valence-corrected chi connectivity index (χ0v) is 7.55. The van der Waals surface area contributed by atoms with Crippen LogP contribution in [0.15, 0.2) is 5.03 Å². The highest BCUT2D eigenvalue weighted by Gasteiger charge is 2.05. The van der Waals surface area contributed by atoms with Gasteiger partial charge in [0.25, 0.3) is 0 Å². The molecule has 1 aromatic heterocycles. The molecule has 0 saturated heterocycles. The first-order valence-corrected chi connectivity index (χ1v) is 3.98. The van der Waals surface area contributed by atoms with Crippen molar-refractivity contribution in [3.8, 4) is 0 Å². The predicted octanol–water partition coefficient (Wildman–Crippen LogP) is 2.48. The van der Waals surface area contributed by atoms with Gasteiger partial charge in [0.1, 0.15) is 0 Å². The maximum atomic E-state index is 4.29. The van der Waals surface area contributed by atoms with E-state index in [1.807, 2.05) is 0 Å². The third kappa shape index (κ3) is 1.08. The first-order chi connectivity index (χ1) is 4.66. The van der Waals surface area contributed by atoms with E-state index in [1.54, 1.807) is 0 Å². The first kappa shape index (κ1) is 7.73. The molecule has 1 heterocycles. The van der Waals surface area contributed by atoms with E-state index in [-0.39, 0.29) is 0 Å².